The van der Waals surface area contributed by atoms with Crippen molar-refractivity contribution in [1.29, 1.82) is 0 Å². The van der Waals surface area contributed by atoms with E-state index < -0.39 is 17.6 Å². The van der Waals surface area contributed by atoms with Gasteiger partial charge in [0.2, 0.25) is 0 Å². The molecule has 5 heteroatoms. The molecule has 1 aromatic carbocycles. The maximum absolute atomic E-state index is 12.9. The molecular formula is C11H10F4O. The molecule has 0 fully saturated rings. The molecule has 0 spiro atoms. The van der Waals surface area contributed by atoms with Gasteiger partial charge in [-0.05, 0) is 30.2 Å². The molecular weight excluding hydrogens is 224 g/mol. The minimum atomic E-state index is -4.55. The molecule has 1 aromatic rings. The molecule has 0 aliphatic carbocycles. The second-order valence-electron chi connectivity index (χ2n) is 3.19. The summed E-state index contributed by atoms with van der Waals surface area (Å²) in [5, 5.41) is 8.48. The lowest BCUT2D eigenvalue weighted by atomic mass is 10.1. The molecule has 1 rings (SSSR count). The quantitative estimate of drug-likeness (QED) is 0.796. The molecule has 0 heterocycles. The minimum Gasteiger partial charge on any atom is -0.396 e. The first-order valence-electron chi connectivity index (χ1n) is 4.58. The average molecular weight is 234 g/mol. The Morgan fingerprint density at radius 1 is 1.19 bits per heavy atom. The molecule has 0 aromatic heterocycles. The van der Waals surface area contributed by atoms with E-state index in [4.69, 9.17) is 5.11 Å². The Hall–Kier alpha value is -1.36. The third-order valence-corrected chi connectivity index (χ3v) is 1.85. The van der Waals surface area contributed by atoms with Crippen LogP contribution >= 0.6 is 0 Å². The van der Waals surface area contributed by atoms with E-state index in [1.54, 1.807) is 0 Å². The van der Waals surface area contributed by atoms with Crippen molar-refractivity contribution in [2.45, 2.75) is 12.6 Å². The predicted molar refractivity (Wildman–Crippen MR) is 52.1 cm³/mol. The van der Waals surface area contributed by atoms with Gasteiger partial charge in [0, 0.05) is 6.61 Å². The van der Waals surface area contributed by atoms with E-state index in [1.165, 1.54) is 12.2 Å². The number of halogens is 4. The molecule has 0 atom stereocenters. The molecule has 0 aliphatic rings. The summed E-state index contributed by atoms with van der Waals surface area (Å²) in [5.41, 5.74) is -0.892. The van der Waals surface area contributed by atoms with Crippen LogP contribution in [0, 0.1) is 5.82 Å². The molecule has 0 saturated carbocycles. The van der Waals surface area contributed by atoms with E-state index in [1.807, 2.05) is 0 Å². The van der Waals surface area contributed by atoms with E-state index in [0.29, 0.717) is 12.5 Å². The van der Waals surface area contributed by atoms with Crippen LogP contribution in [-0.4, -0.2) is 11.7 Å². The molecule has 1 nitrogen and oxygen atoms in total. The van der Waals surface area contributed by atoms with E-state index >= 15 is 0 Å². The number of hydrogen-bond acceptors (Lipinski definition) is 1. The standard InChI is InChI=1S/C11H10F4O/c12-10-6-8(3-1-2-4-16)5-9(7-10)11(13,14)15/h1,3,5-7,16H,2,4H2. The molecule has 0 amide bonds. The largest absolute Gasteiger partial charge is 0.416 e. The average Bonchev–Trinajstić information content (AvgIpc) is 2.16. The first kappa shape index (κ1) is 12.7. The number of hydrogen-bond donors (Lipinski definition) is 1. The summed E-state index contributed by atoms with van der Waals surface area (Å²) in [6, 6.07) is 2.31. The fourth-order valence-electron chi connectivity index (χ4n) is 1.17. The third-order valence-electron chi connectivity index (χ3n) is 1.85. The maximum Gasteiger partial charge on any atom is 0.416 e. The van der Waals surface area contributed by atoms with Crippen molar-refractivity contribution in [1.82, 2.24) is 0 Å². The third kappa shape index (κ3) is 3.66. The summed E-state index contributed by atoms with van der Waals surface area (Å²) in [7, 11) is 0. The van der Waals surface area contributed by atoms with Gasteiger partial charge in [-0.1, -0.05) is 12.2 Å². The predicted octanol–water partition coefficient (Wildman–Crippen LogP) is 3.24. The van der Waals surface area contributed by atoms with Gasteiger partial charge in [-0.3, -0.25) is 0 Å². The molecule has 16 heavy (non-hydrogen) atoms. The van der Waals surface area contributed by atoms with E-state index in [0.717, 1.165) is 12.1 Å². The first-order valence-corrected chi connectivity index (χ1v) is 4.58. The van der Waals surface area contributed by atoms with Crippen LogP contribution in [0.5, 0.6) is 0 Å². The summed E-state index contributed by atoms with van der Waals surface area (Å²) in [5.74, 6) is -0.932. The summed E-state index contributed by atoms with van der Waals surface area (Å²) in [6.45, 7) is -0.0993. The van der Waals surface area contributed by atoms with Gasteiger partial charge in [0.15, 0.2) is 0 Å². The van der Waals surface area contributed by atoms with Crippen molar-refractivity contribution < 1.29 is 22.7 Å². The molecule has 0 radical (unpaired) electrons. The van der Waals surface area contributed by atoms with Crippen LogP contribution in [0.1, 0.15) is 17.5 Å². The number of benzene rings is 1. The topological polar surface area (TPSA) is 20.2 Å². The molecule has 0 unspecified atom stereocenters. The lowest BCUT2D eigenvalue weighted by Gasteiger charge is -2.07. The van der Waals surface area contributed by atoms with E-state index in [-0.39, 0.29) is 12.2 Å². The number of aliphatic hydroxyl groups is 1. The van der Waals surface area contributed by atoms with Crippen LogP contribution in [0.15, 0.2) is 24.3 Å². The maximum atomic E-state index is 12.9. The molecule has 0 saturated heterocycles. The van der Waals surface area contributed by atoms with Crippen LogP contribution < -0.4 is 0 Å². The molecule has 88 valence electrons. The van der Waals surface area contributed by atoms with Crippen molar-refractivity contribution in [3.05, 3.63) is 41.2 Å². The summed E-state index contributed by atoms with van der Waals surface area (Å²) in [4.78, 5) is 0. The van der Waals surface area contributed by atoms with Gasteiger partial charge < -0.3 is 5.11 Å². The highest BCUT2D eigenvalue weighted by atomic mass is 19.4. The van der Waals surface area contributed by atoms with Gasteiger partial charge in [-0.2, -0.15) is 13.2 Å². The normalized spacial score (nSPS) is 12.3. The fourth-order valence-corrected chi connectivity index (χ4v) is 1.17. The first-order chi connectivity index (χ1) is 7.43. The smallest absolute Gasteiger partial charge is 0.396 e. The monoisotopic (exact) mass is 234 g/mol. The van der Waals surface area contributed by atoms with Crippen molar-refractivity contribution in [3.63, 3.8) is 0 Å². The highest BCUT2D eigenvalue weighted by Crippen LogP contribution is 2.30. The van der Waals surface area contributed by atoms with Crippen molar-refractivity contribution >= 4 is 6.08 Å². The summed E-state index contributed by atoms with van der Waals surface area (Å²) >= 11 is 0. The van der Waals surface area contributed by atoms with Crippen LogP contribution in [0.2, 0.25) is 0 Å². The summed E-state index contributed by atoms with van der Waals surface area (Å²) in [6.07, 6.45) is -1.41. The summed E-state index contributed by atoms with van der Waals surface area (Å²) < 4.78 is 49.8. The van der Waals surface area contributed by atoms with Gasteiger partial charge >= 0.3 is 6.18 Å². The molecule has 0 bridgehead atoms. The lowest BCUT2D eigenvalue weighted by Crippen LogP contribution is -2.05. The highest BCUT2D eigenvalue weighted by molar-refractivity contribution is 5.50. The zero-order chi connectivity index (χ0) is 12.2. The Morgan fingerprint density at radius 2 is 1.88 bits per heavy atom. The van der Waals surface area contributed by atoms with Crippen LogP contribution in [-0.2, 0) is 6.18 Å². The zero-order valence-corrected chi connectivity index (χ0v) is 8.26. The van der Waals surface area contributed by atoms with Gasteiger partial charge in [-0.25, -0.2) is 4.39 Å². The van der Waals surface area contributed by atoms with E-state index in [2.05, 4.69) is 0 Å². The second-order valence-corrected chi connectivity index (χ2v) is 3.19. The van der Waals surface area contributed by atoms with E-state index in [9.17, 15) is 17.6 Å². The Kier molecular flexibility index (Phi) is 4.06. The zero-order valence-electron chi connectivity index (χ0n) is 8.26. The van der Waals surface area contributed by atoms with Crippen LogP contribution in [0.3, 0.4) is 0 Å². The Labute approximate surface area is 90.0 Å². The SMILES string of the molecule is OCCC=Cc1cc(F)cc(C(F)(F)F)c1. The van der Waals surface area contributed by atoms with Gasteiger partial charge in [0.1, 0.15) is 5.82 Å². The van der Waals surface area contributed by atoms with Crippen molar-refractivity contribution in [3.8, 4) is 0 Å². The Balaban J connectivity index is 2.99. The number of rotatable bonds is 3. The molecule has 1 N–H and O–H groups in total. The Bertz CT molecular complexity index is 382. The van der Waals surface area contributed by atoms with Crippen molar-refractivity contribution in [2.24, 2.45) is 0 Å². The molecule has 0 aliphatic heterocycles. The Morgan fingerprint density at radius 3 is 2.44 bits per heavy atom. The highest BCUT2D eigenvalue weighted by Gasteiger charge is 2.31. The van der Waals surface area contributed by atoms with Gasteiger partial charge in [0.05, 0.1) is 5.56 Å². The number of alkyl halides is 3. The minimum absolute atomic E-state index is 0.0993. The lowest BCUT2D eigenvalue weighted by molar-refractivity contribution is -0.137. The fraction of sp³-hybridized carbons (Fsp3) is 0.273. The second kappa shape index (κ2) is 5.12. The number of aliphatic hydroxyl groups excluding tert-OH is 1. The van der Waals surface area contributed by atoms with Gasteiger partial charge in [-0.15, -0.1) is 0 Å². The van der Waals surface area contributed by atoms with Crippen LogP contribution in [0.25, 0.3) is 6.08 Å². The van der Waals surface area contributed by atoms with Crippen LogP contribution in [0.4, 0.5) is 17.6 Å². The van der Waals surface area contributed by atoms with Gasteiger partial charge in [0.25, 0.3) is 0 Å². The van der Waals surface area contributed by atoms with Crippen molar-refractivity contribution in [2.75, 3.05) is 6.61 Å².